The van der Waals surface area contributed by atoms with E-state index in [0.29, 0.717) is 22.4 Å². The first-order valence-corrected chi connectivity index (χ1v) is 7.48. The summed E-state index contributed by atoms with van der Waals surface area (Å²) in [6.45, 7) is 1.70. The molecule has 0 radical (unpaired) electrons. The van der Waals surface area contributed by atoms with Crippen LogP contribution in [0.4, 0.5) is 0 Å². The number of rotatable bonds is 4. The second-order valence-electron chi connectivity index (χ2n) is 5.60. The highest BCUT2D eigenvalue weighted by atomic mass is 16.5. The molecule has 124 valence electrons. The zero-order valence-electron chi connectivity index (χ0n) is 13.7. The number of carboxylic acids is 1. The van der Waals surface area contributed by atoms with Crippen molar-refractivity contribution >= 4 is 11.5 Å². The van der Waals surface area contributed by atoms with Gasteiger partial charge in [-0.05, 0) is 41.3 Å². The molecule has 0 heterocycles. The third-order valence-electron chi connectivity index (χ3n) is 4.24. The van der Waals surface area contributed by atoms with Gasteiger partial charge in [0.15, 0.2) is 0 Å². The summed E-state index contributed by atoms with van der Waals surface area (Å²) in [6, 6.07) is 9.13. The van der Waals surface area contributed by atoms with Gasteiger partial charge in [0.1, 0.15) is 17.1 Å². The Kier molecular flexibility index (Phi) is 4.03. The Morgan fingerprint density at radius 3 is 2.50 bits per heavy atom. The van der Waals surface area contributed by atoms with E-state index >= 15 is 0 Å². The molecule has 1 aliphatic carbocycles. The van der Waals surface area contributed by atoms with Crippen LogP contribution in [0.25, 0.3) is 5.57 Å². The van der Waals surface area contributed by atoms with Crippen LogP contribution in [0.2, 0.25) is 0 Å². The van der Waals surface area contributed by atoms with E-state index in [1.165, 1.54) is 14.2 Å². The van der Waals surface area contributed by atoms with Crippen molar-refractivity contribution in [2.24, 2.45) is 0 Å². The lowest BCUT2D eigenvalue weighted by atomic mass is 9.93. The summed E-state index contributed by atoms with van der Waals surface area (Å²) in [5, 5.41) is 19.9. The SMILES string of the molecule is COc1cc(C)c(C(=O)O)c(OC)c1C1=CC(O)c2ccccc21. The number of hydrogen-bond acceptors (Lipinski definition) is 4. The Bertz CT molecular complexity index is 851. The van der Waals surface area contributed by atoms with E-state index in [4.69, 9.17) is 9.47 Å². The first-order valence-electron chi connectivity index (χ1n) is 7.48. The molecule has 5 nitrogen and oxygen atoms in total. The third-order valence-corrected chi connectivity index (χ3v) is 4.24. The molecule has 2 N–H and O–H groups in total. The molecule has 1 aliphatic rings. The number of methoxy groups -OCH3 is 2. The van der Waals surface area contributed by atoms with E-state index in [1.54, 1.807) is 19.1 Å². The van der Waals surface area contributed by atoms with Crippen LogP contribution in [0.3, 0.4) is 0 Å². The molecule has 5 heteroatoms. The van der Waals surface area contributed by atoms with Crippen LogP contribution in [-0.4, -0.2) is 30.4 Å². The highest BCUT2D eigenvalue weighted by Crippen LogP contribution is 2.47. The van der Waals surface area contributed by atoms with E-state index in [1.807, 2.05) is 24.3 Å². The van der Waals surface area contributed by atoms with Crippen LogP contribution in [-0.2, 0) is 0 Å². The van der Waals surface area contributed by atoms with Gasteiger partial charge in [-0.15, -0.1) is 0 Å². The fourth-order valence-corrected chi connectivity index (χ4v) is 3.20. The molecule has 2 aromatic rings. The summed E-state index contributed by atoms with van der Waals surface area (Å²) in [4.78, 5) is 11.7. The number of ether oxygens (including phenoxy) is 2. The maximum absolute atomic E-state index is 11.7. The molecule has 1 unspecified atom stereocenters. The highest BCUT2D eigenvalue weighted by molar-refractivity contribution is 5.99. The minimum absolute atomic E-state index is 0.0908. The van der Waals surface area contributed by atoms with Crippen molar-refractivity contribution in [2.45, 2.75) is 13.0 Å². The summed E-state index contributed by atoms with van der Waals surface area (Å²) >= 11 is 0. The van der Waals surface area contributed by atoms with Gasteiger partial charge in [-0.2, -0.15) is 0 Å². The quantitative estimate of drug-likeness (QED) is 0.902. The first kappa shape index (κ1) is 16.1. The van der Waals surface area contributed by atoms with Crippen LogP contribution < -0.4 is 9.47 Å². The van der Waals surface area contributed by atoms with Gasteiger partial charge < -0.3 is 19.7 Å². The van der Waals surface area contributed by atoms with Gasteiger partial charge in [0.25, 0.3) is 0 Å². The van der Waals surface area contributed by atoms with Crippen LogP contribution in [0.5, 0.6) is 11.5 Å². The average Bonchev–Trinajstić information content (AvgIpc) is 2.90. The van der Waals surface area contributed by atoms with Crippen LogP contribution in [0.15, 0.2) is 36.4 Å². The van der Waals surface area contributed by atoms with E-state index in [0.717, 1.165) is 11.1 Å². The Morgan fingerprint density at radius 2 is 1.88 bits per heavy atom. The molecule has 0 aromatic heterocycles. The van der Waals surface area contributed by atoms with Gasteiger partial charge in [0.2, 0.25) is 0 Å². The molecule has 0 fully saturated rings. The van der Waals surface area contributed by atoms with Crippen LogP contribution >= 0.6 is 0 Å². The van der Waals surface area contributed by atoms with Gasteiger partial charge in [-0.3, -0.25) is 0 Å². The zero-order chi connectivity index (χ0) is 17.4. The van der Waals surface area contributed by atoms with Crippen molar-refractivity contribution in [1.82, 2.24) is 0 Å². The third kappa shape index (κ3) is 2.34. The highest BCUT2D eigenvalue weighted by Gasteiger charge is 2.30. The van der Waals surface area contributed by atoms with Gasteiger partial charge >= 0.3 is 5.97 Å². The molecule has 0 saturated heterocycles. The number of aromatic carboxylic acids is 1. The lowest BCUT2D eigenvalue weighted by Gasteiger charge is -2.19. The Labute approximate surface area is 139 Å². The van der Waals surface area contributed by atoms with E-state index in [9.17, 15) is 15.0 Å². The largest absolute Gasteiger partial charge is 0.496 e. The molecule has 3 rings (SSSR count). The molecule has 24 heavy (non-hydrogen) atoms. The Balaban J connectivity index is 2.35. The topological polar surface area (TPSA) is 76.0 Å². The van der Waals surface area contributed by atoms with Gasteiger partial charge in [-0.25, -0.2) is 4.79 Å². The van der Waals surface area contributed by atoms with Crippen molar-refractivity contribution < 1.29 is 24.5 Å². The Hall–Kier alpha value is -2.79. The normalized spacial score (nSPS) is 15.7. The number of aryl methyl sites for hydroxylation is 1. The molecular weight excluding hydrogens is 308 g/mol. The second-order valence-corrected chi connectivity index (χ2v) is 5.60. The standard InChI is InChI=1S/C19H18O5/c1-10-8-15(23-2)17(18(24-3)16(10)19(21)22)13-9-14(20)12-7-5-4-6-11(12)13/h4-9,14,20H,1-3H3,(H,21,22). The predicted octanol–water partition coefficient (Wildman–Crippen LogP) is 3.19. The van der Waals surface area contributed by atoms with Crippen molar-refractivity contribution in [3.05, 3.63) is 64.2 Å². The number of carboxylic acid groups (broad SMARTS) is 1. The van der Waals surface area contributed by atoms with Gasteiger partial charge in [-0.1, -0.05) is 24.3 Å². The predicted molar refractivity (Wildman–Crippen MR) is 89.7 cm³/mol. The second kappa shape index (κ2) is 6.02. The summed E-state index contributed by atoms with van der Waals surface area (Å²) in [5.74, 6) is -0.334. The number of fused-ring (bicyclic) bond motifs is 1. The van der Waals surface area contributed by atoms with Crippen molar-refractivity contribution in [3.8, 4) is 11.5 Å². The monoisotopic (exact) mass is 326 g/mol. The first-order chi connectivity index (χ1) is 11.5. The number of aliphatic hydroxyl groups excluding tert-OH is 1. The molecule has 1 atom stereocenters. The fraction of sp³-hybridized carbons (Fsp3) is 0.211. The number of carbonyl (C=O) groups is 1. The van der Waals surface area contributed by atoms with E-state index in [2.05, 4.69) is 0 Å². The summed E-state index contributed by atoms with van der Waals surface area (Å²) < 4.78 is 10.9. The fourth-order valence-electron chi connectivity index (χ4n) is 3.20. The summed E-state index contributed by atoms with van der Waals surface area (Å²) in [6.07, 6.45) is 0.937. The molecule has 2 aromatic carbocycles. The molecule has 0 amide bonds. The summed E-state index contributed by atoms with van der Waals surface area (Å²) in [7, 11) is 2.96. The number of benzene rings is 2. The molecule has 0 aliphatic heterocycles. The van der Waals surface area contributed by atoms with Gasteiger partial charge in [0, 0.05) is 0 Å². The zero-order valence-corrected chi connectivity index (χ0v) is 13.7. The Morgan fingerprint density at radius 1 is 1.17 bits per heavy atom. The van der Waals surface area contributed by atoms with E-state index < -0.39 is 12.1 Å². The molecule has 0 saturated carbocycles. The minimum Gasteiger partial charge on any atom is -0.496 e. The average molecular weight is 326 g/mol. The maximum Gasteiger partial charge on any atom is 0.339 e. The number of aliphatic hydroxyl groups is 1. The smallest absolute Gasteiger partial charge is 0.339 e. The van der Waals surface area contributed by atoms with Crippen molar-refractivity contribution in [3.63, 3.8) is 0 Å². The lowest BCUT2D eigenvalue weighted by molar-refractivity contribution is 0.0692. The lowest BCUT2D eigenvalue weighted by Crippen LogP contribution is -2.08. The van der Waals surface area contributed by atoms with Gasteiger partial charge in [0.05, 0.1) is 25.9 Å². The van der Waals surface area contributed by atoms with Crippen molar-refractivity contribution in [2.75, 3.05) is 14.2 Å². The maximum atomic E-state index is 11.7. The molecular formula is C19H18O5. The summed E-state index contributed by atoms with van der Waals surface area (Å²) in [5.41, 5.74) is 3.48. The van der Waals surface area contributed by atoms with Crippen LogP contribution in [0.1, 0.15) is 38.7 Å². The number of hydrogen-bond donors (Lipinski definition) is 2. The minimum atomic E-state index is -1.07. The van der Waals surface area contributed by atoms with Crippen LogP contribution in [0, 0.1) is 6.92 Å². The molecule has 0 bridgehead atoms. The molecule has 0 spiro atoms. The van der Waals surface area contributed by atoms with E-state index in [-0.39, 0.29) is 11.3 Å². The van der Waals surface area contributed by atoms with Crippen molar-refractivity contribution in [1.29, 1.82) is 0 Å².